The van der Waals surface area contributed by atoms with Gasteiger partial charge in [-0.25, -0.2) is 4.39 Å². The molecule has 0 saturated carbocycles. The minimum atomic E-state index is -3.60. The van der Waals surface area contributed by atoms with Crippen molar-refractivity contribution >= 4 is 15.9 Å². The van der Waals surface area contributed by atoms with Gasteiger partial charge in [0.05, 0.1) is 4.47 Å². The number of hydrogen-bond acceptors (Lipinski definition) is 2. The zero-order chi connectivity index (χ0) is 9.35. The molecule has 0 unspecified atom stereocenters. The number of hydrogen-bond donors (Lipinski definition) is 1. The van der Waals surface area contributed by atoms with Crippen LogP contribution < -0.4 is 5.73 Å². The third-order valence-corrected chi connectivity index (χ3v) is 1.73. The maximum Gasteiger partial charge on any atom is 0.343 e. The SMILES string of the molecule is NC(F)(F)c1cc(F)c(Br)cn1. The van der Waals surface area contributed by atoms with Crippen molar-refractivity contribution in [1.82, 2.24) is 4.98 Å². The molecule has 0 aliphatic rings. The lowest BCUT2D eigenvalue weighted by molar-refractivity contribution is -0.00201. The van der Waals surface area contributed by atoms with E-state index in [1.807, 2.05) is 0 Å². The van der Waals surface area contributed by atoms with Gasteiger partial charge in [0.2, 0.25) is 0 Å². The summed E-state index contributed by atoms with van der Waals surface area (Å²) in [5, 5.41) is 0. The van der Waals surface area contributed by atoms with Crippen molar-refractivity contribution < 1.29 is 13.2 Å². The summed E-state index contributed by atoms with van der Waals surface area (Å²) in [5.74, 6) is -0.815. The highest BCUT2D eigenvalue weighted by Gasteiger charge is 2.27. The summed E-state index contributed by atoms with van der Waals surface area (Å²) in [6, 6.07) is -3.01. The minimum absolute atomic E-state index is 0.0236. The van der Waals surface area contributed by atoms with E-state index in [0.29, 0.717) is 6.07 Å². The average molecular weight is 241 g/mol. The Labute approximate surface area is 74.7 Å². The highest BCUT2D eigenvalue weighted by atomic mass is 79.9. The molecule has 0 aliphatic carbocycles. The van der Waals surface area contributed by atoms with Crippen molar-refractivity contribution in [1.29, 1.82) is 0 Å². The lowest BCUT2D eigenvalue weighted by Gasteiger charge is -2.08. The molecule has 0 bridgehead atoms. The third-order valence-electron chi connectivity index (χ3n) is 1.15. The van der Waals surface area contributed by atoms with E-state index in [0.717, 1.165) is 6.20 Å². The number of halogens is 4. The molecule has 12 heavy (non-hydrogen) atoms. The molecule has 0 saturated heterocycles. The van der Waals surface area contributed by atoms with Gasteiger partial charge in [-0.1, -0.05) is 0 Å². The van der Waals surface area contributed by atoms with Gasteiger partial charge < -0.3 is 0 Å². The molecule has 66 valence electrons. The molecule has 1 heterocycles. The number of pyridine rings is 1. The zero-order valence-electron chi connectivity index (χ0n) is 5.69. The van der Waals surface area contributed by atoms with Gasteiger partial charge >= 0.3 is 6.05 Å². The molecule has 6 heteroatoms. The van der Waals surface area contributed by atoms with Crippen molar-refractivity contribution in [3.63, 3.8) is 0 Å². The van der Waals surface area contributed by atoms with Crippen LogP contribution in [0.2, 0.25) is 0 Å². The third kappa shape index (κ3) is 1.95. The maximum atomic E-state index is 12.6. The topological polar surface area (TPSA) is 38.9 Å². The molecule has 1 rings (SSSR count). The van der Waals surface area contributed by atoms with Crippen LogP contribution in [0.25, 0.3) is 0 Å². The number of aromatic nitrogens is 1. The fraction of sp³-hybridized carbons (Fsp3) is 0.167. The molecular formula is C6H4BrF3N2. The Morgan fingerprint density at radius 2 is 2.08 bits per heavy atom. The van der Waals surface area contributed by atoms with Gasteiger partial charge in [0.1, 0.15) is 11.5 Å². The number of nitrogens with zero attached hydrogens (tertiary/aromatic N) is 1. The Kier molecular flexibility index (Phi) is 2.39. The molecule has 1 aromatic rings. The van der Waals surface area contributed by atoms with E-state index >= 15 is 0 Å². The molecule has 0 radical (unpaired) electrons. The van der Waals surface area contributed by atoms with Crippen molar-refractivity contribution in [2.75, 3.05) is 0 Å². The van der Waals surface area contributed by atoms with E-state index in [9.17, 15) is 13.2 Å². The van der Waals surface area contributed by atoms with E-state index in [1.165, 1.54) is 0 Å². The summed E-state index contributed by atoms with van der Waals surface area (Å²) < 4.78 is 37.3. The van der Waals surface area contributed by atoms with E-state index in [1.54, 1.807) is 0 Å². The Balaban J connectivity index is 3.14. The molecule has 0 amide bonds. The fourth-order valence-corrected chi connectivity index (χ4v) is 0.813. The van der Waals surface area contributed by atoms with Gasteiger partial charge in [0.25, 0.3) is 0 Å². The van der Waals surface area contributed by atoms with Crippen LogP contribution in [-0.4, -0.2) is 4.98 Å². The molecular weight excluding hydrogens is 237 g/mol. The van der Waals surface area contributed by atoms with Crippen LogP contribution in [0.5, 0.6) is 0 Å². The van der Waals surface area contributed by atoms with E-state index in [-0.39, 0.29) is 4.47 Å². The molecule has 0 aromatic carbocycles. The lowest BCUT2D eigenvalue weighted by Crippen LogP contribution is -2.26. The summed E-state index contributed by atoms with van der Waals surface area (Å²) >= 11 is 2.77. The summed E-state index contributed by atoms with van der Waals surface area (Å²) in [7, 11) is 0. The van der Waals surface area contributed by atoms with Crippen molar-refractivity contribution in [2.45, 2.75) is 6.05 Å². The predicted molar refractivity (Wildman–Crippen MR) is 40.0 cm³/mol. The standard InChI is InChI=1S/C6H4BrF3N2/c7-3-2-12-5(1-4(3)8)6(9,10)11/h1-2H,11H2. The number of nitrogens with two attached hydrogens (primary N) is 1. The van der Waals surface area contributed by atoms with E-state index in [4.69, 9.17) is 0 Å². The largest absolute Gasteiger partial charge is 0.343 e. The van der Waals surface area contributed by atoms with Crippen LogP contribution in [0, 0.1) is 5.82 Å². The van der Waals surface area contributed by atoms with Crippen molar-refractivity contribution in [3.05, 3.63) is 28.2 Å². The highest BCUT2D eigenvalue weighted by Crippen LogP contribution is 2.22. The normalized spacial score (nSPS) is 11.8. The van der Waals surface area contributed by atoms with Gasteiger partial charge in [-0.15, -0.1) is 0 Å². The molecule has 1 aromatic heterocycles. The minimum Gasteiger partial charge on any atom is -0.267 e. The first kappa shape index (κ1) is 9.47. The second kappa shape index (κ2) is 3.02. The lowest BCUT2D eigenvalue weighted by atomic mass is 10.3. The first-order chi connectivity index (χ1) is 5.41. The van der Waals surface area contributed by atoms with Crippen molar-refractivity contribution in [2.24, 2.45) is 5.73 Å². The summed E-state index contributed by atoms with van der Waals surface area (Å²) in [4.78, 5) is 3.25. The first-order valence-electron chi connectivity index (χ1n) is 2.89. The molecule has 0 aliphatic heterocycles. The summed E-state index contributed by atoms with van der Waals surface area (Å²) in [6.45, 7) is 0. The Hall–Kier alpha value is -0.620. The summed E-state index contributed by atoms with van der Waals surface area (Å²) in [5.41, 5.74) is 3.61. The zero-order valence-corrected chi connectivity index (χ0v) is 7.28. The van der Waals surface area contributed by atoms with Gasteiger partial charge in [-0.05, 0) is 15.9 Å². The Morgan fingerprint density at radius 3 is 2.50 bits per heavy atom. The fourth-order valence-electron chi connectivity index (χ4n) is 0.596. The number of rotatable bonds is 1. The van der Waals surface area contributed by atoms with Gasteiger partial charge in [-0.2, -0.15) is 8.78 Å². The quantitative estimate of drug-likeness (QED) is 0.763. The highest BCUT2D eigenvalue weighted by molar-refractivity contribution is 9.10. The van der Waals surface area contributed by atoms with Crippen LogP contribution in [0.1, 0.15) is 5.69 Å². The van der Waals surface area contributed by atoms with Gasteiger partial charge in [-0.3, -0.25) is 10.7 Å². The molecule has 2 N–H and O–H groups in total. The monoisotopic (exact) mass is 240 g/mol. The van der Waals surface area contributed by atoms with Crippen LogP contribution in [-0.2, 0) is 6.05 Å². The van der Waals surface area contributed by atoms with Crippen LogP contribution in [0.4, 0.5) is 13.2 Å². The van der Waals surface area contributed by atoms with Gasteiger partial charge in [0, 0.05) is 12.3 Å². The van der Waals surface area contributed by atoms with E-state index in [2.05, 4.69) is 26.6 Å². The molecule has 0 fully saturated rings. The van der Waals surface area contributed by atoms with Crippen LogP contribution in [0.3, 0.4) is 0 Å². The molecule has 2 nitrogen and oxygen atoms in total. The Bertz CT molecular complexity index is 297. The first-order valence-corrected chi connectivity index (χ1v) is 3.69. The van der Waals surface area contributed by atoms with Crippen LogP contribution in [0.15, 0.2) is 16.7 Å². The average Bonchev–Trinajstić information content (AvgIpc) is 1.92. The second-order valence-corrected chi connectivity index (χ2v) is 2.96. The maximum absolute atomic E-state index is 12.6. The smallest absolute Gasteiger partial charge is 0.267 e. The number of alkyl halides is 2. The Morgan fingerprint density at radius 1 is 1.50 bits per heavy atom. The van der Waals surface area contributed by atoms with Crippen LogP contribution >= 0.6 is 15.9 Å². The molecule has 0 atom stereocenters. The second-order valence-electron chi connectivity index (χ2n) is 2.11. The molecule has 0 spiro atoms. The summed E-state index contributed by atoms with van der Waals surface area (Å²) in [6.07, 6.45) is 0.936. The van der Waals surface area contributed by atoms with Crippen molar-refractivity contribution in [3.8, 4) is 0 Å². The van der Waals surface area contributed by atoms with E-state index < -0.39 is 17.6 Å². The predicted octanol–water partition coefficient (Wildman–Crippen LogP) is 1.99. The van der Waals surface area contributed by atoms with Gasteiger partial charge in [0.15, 0.2) is 0 Å².